The van der Waals surface area contributed by atoms with E-state index in [9.17, 15) is 9.59 Å². The van der Waals surface area contributed by atoms with Crippen LogP contribution >= 0.6 is 22.9 Å². The Bertz CT molecular complexity index is 628. The molecule has 2 amide bonds. The summed E-state index contributed by atoms with van der Waals surface area (Å²) in [7, 11) is 1.68. The molecule has 21 heavy (non-hydrogen) atoms. The molecule has 0 saturated heterocycles. The third-order valence-corrected chi connectivity index (χ3v) is 4.17. The Labute approximate surface area is 132 Å². The van der Waals surface area contributed by atoms with Crippen molar-refractivity contribution in [2.45, 2.75) is 6.54 Å². The van der Waals surface area contributed by atoms with Crippen molar-refractivity contribution >= 4 is 34.8 Å². The molecule has 1 aromatic heterocycles. The number of nitrogens with one attached hydrogen (secondary N) is 1. The van der Waals surface area contributed by atoms with Crippen LogP contribution in [-0.2, 0) is 11.3 Å². The van der Waals surface area contributed by atoms with Crippen molar-refractivity contribution < 1.29 is 9.59 Å². The molecule has 0 saturated carbocycles. The Hall–Kier alpha value is -1.85. The summed E-state index contributed by atoms with van der Waals surface area (Å²) in [5.74, 6) is -0.399. The predicted octanol–water partition coefficient (Wildman–Crippen LogP) is 2.79. The highest BCUT2D eigenvalue weighted by atomic mass is 35.5. The first-order valence-corrected chi connectivity index (χ1v) is 7.63. The van der Waals surface area contributed by atoms with Gasteiger partial charge in [0.25, 0.3) is 5.91 Å². The molecule has 0 fully saturated rings. The summed E-state index contributed by atoms with van der Waals surface area (Å²) in [4.78, 5) is 25.9. The van der Waals surface area contributed by atoms with Crippen molar-refractivity contribution in [1.82, 2.24) is 10.2 Å². The van der Waals surface area contributed by atoms with Crippen molar-refractivity contribution in [3.05, 3.63) is 57.2 Å². The molecule has 110 valence electrons. The first-order valence-electron chi connectivity index (χ1n) is 6.37. The maximum absolute atomic E-state index is 12.0. The summed E-state index contributed by atoms with van der Waals surface area (Å²) in [6, 6.07) is 10.9. The first-order chi connectivity index (χ1) is 10.1. The van der Waals surface area contributed by atoms with Crippen LogP contribution in [0.4, 0.5) is 0 Å². The number of nitrogens with zero attached hydrogens (tertiary/aromatic N) is 1. The van der Waals surface area contributed by atoms with Crippen LogP contribution in [0.5, 0.6) is 0 Å². The van der Waals surface area contributed by atoms with Gasteiger partial charge in [-0.15, -0.1) is 11.3 Å². The van der Waals surface area contributed by atoms with Gasteiger partial charge in [0.15, 0.2) is 0 Å². The van der Waals surface area contributed by atoms with Gasteiger partial charge in [0.2, 0.25) is 5.91 Å². The van der Waals surface area contributed by atoms with Crippen molar-refractivity contribution in [3.63, 3.8) is 0 Å². The van der Waals surface area contributed by atoms with Gasteiger partial charge < -0.3 is 10.2 Å². The minimum Gasteiger partial charge on any atom is -0.342 e. The van der Waals surface area contributed by atoms with E-state index in [2.05, 4.69) is 5.32 Å². The Morgan fingerprint density at radius 2 is 2.00 bits per heavy atom. The molecule has 4 nitrogen and oxygen atoms in total. The number of thiophene rings is 1. The van der Waals surface area contributed by atoms with Crippen LogP contribution in [0.2, 0.25) is 5.02 Å². The van der Waals surface area contributed by atoms with Gasteiger partial charge >= 0.3 is 0 Å². The van der Waals surface area contributed by atoms with Gasteiger partial charge in [-0.2, -0.15) is 0 Å². The van der Waals surface area contributed by atoms with E-state index in [0.29, 0.717) is 16.4 Å². The molecule has 2 rings (SSSR count). The van der Waals surface area contributed by atoms with Crippen LogP contribution < -0.4 is 5.32 Å². The molecule has 6 heteroatoms. The van der Waals surface area contributed by atoms with Crippen LogP contribution in [0.1, 0.15) is 15.2 Å². The van der Waals surface area contributed by atoms with E-state index in [1.807, 2.05) is 23.6 Å². The average molecular weight is 323 g/mol. The number of rotatable bonds is 5. The second-order valence-electron chi connectivity index (χ2n) is 4.50. The molecule has 1 N–H and O–H groups in total. The van der Waals surface area contributed by atoms with Gasteiger partial charge in [-0.3, -0.25) is 9.59 Å². The lowest BCUT2D eigenvalue weighted by atomic mass is 10.2. The SMILES string of the molecule is CN(Cc1ccccc1Cl)C(=O)CNC(=O)c1cccs1. The lowest BCUT2D eigenvalue weighted by molar-refractivity contribution is -0.129. The molecular weight excluding hydrogens is 308 g/mol. The van der Waals surface area contributed by atoms with E-state index < -0.39 is 0 Å². The van der Waals surface area contributed by atoms with E-state index in [1.165, 1.54) is 16.2 Å². The maximum Gasteiger partial charge on any atom is 0.261 e. The van der Waals surface area contributed by atoms with Crippen molar-refractivity contribution in [1.29, 1.82) is 0 Å². The molecule has 2 aromatic rings. The molecular formula is C15H15ClN2O2S. The highest BCUT2D eigenvalue weighted by Gasteiger charge is 2.13. The number of halogens is 1. The Morgan fingerprint density at radius 3 is 2.67 bits per heavy atom. The van der Waals surface area contributed by atoms with Crippen LogP contribution in [0.15, 0.2) is 41.8 Å². The number of benzene rings is 1. The summed E-state index contributed by atoms with van der Waals surface area (Å²) >= 11 is 7.40. The minimum absolute atomic E-state index is 0.0301. The number of carbonyl (C=O) groups is 2. The fourth-order valence-electron chi connectivity index (χ4n) is 1.76. The fourth-order valence-corrected chi connectivity index (χ4v) is 2.59. The van der Waals surface area contributed by atoms with Gasteiger partial charge in [0.05, 0.1) is 11.4 Å². The molecule has 0 unspecified atom stereocenters. The molecule has 0 aliphatic carbocycles. The van der Waals surface area contributed by atoms with Gasteiger partial charge in [-0.25, -0.2) is 0 Å². The summed E-state index contributed by atoms with van der Waals surface area (Å²) in [5, 5.41) is 5.06. The summed E-state index contributed by atoms with van der Waals surface area (Å²) < 4.78 is 0. The molecule has 1 heterocycles. The van der Waals surface area contributed by atoms with E-state index in [1.54, 1.807) is 25.2 Å². The number of likely N-dealkylation sites (N-methyl/N-ethyl adjacent to an activating group) is 1. The number of amides is 2. The van der Waals surface area contributed by atoms with E-state index >= 15 is 0 Å². The van der Waals surface area contributed by atoms with Crippen molar-refractivity contribution in [2.24, 2.45) is 0 Å². The van der Waals surface area contributed by atoms with Crippen LogP contribution in [0.3, 0.4) is 0 Å². The number of hydrogen-bond donors (Lipinski definition) is 1. The molecule has 0 radical (unpaired) electrons. The van der Waals surface area contributed by atoms with E-state index in [4.69, 9.17) is 11.6 Å². The molecule has 0 bridgehead atoms. The number of hydrogen-bond acceptors (Lipinski definition) is 3. The van der Waals surface area contributed by atoms with E-state index in [0.717, 1.165) is 5.56 Å². The molecule has 0 aliphatic heterocycles. The van der Waals surface area contributed by atoms with Gasteiger partial charge in [0, 0.05) is 18.6 Å². The highest BCUT2D eigenvalue weighted by molar-refractivity contribution is 7.12. The number of carbonyl (C=O) groups excluding carboxylic acids is 2. The zero-order valence-electron chi connectivity index (χ0n) is 11.5. The fraction of sp³-hybridized carbons (Fsp3) is 0.200. The zero-order chi connectivity index (χ0) is 15.2. The summed E-state index contributed by atoms with van der Waals surface area (Å²) in [5.41, 5.74) is 0.875. The Balaban J connectivity index is 1.86. The summed E-state index contributed by atoms with van der Waals surface area (Å²) in [6.07, 6.45) is 0. The van der Waals surface area contributed by atoms with Crippen LogP contribution in [-0.4, -0.2) is 30.3 Å². The molecule has 0 atom stereocenters. The largest absolute Gasteiger partial charge is 0.342 e. The Kier molecular flexibility index (Phi) is 5.36. The molecule has 1 aromatic carbocycles. The second-order valence-corrected chi connectivity index (χ2v) is 5.86. The third-order valence-electron chi connectivity index (χ3n) is 2.94. The Morgan fingerprint density at radius 1 is 1.24 bits per heavy atom. The monoisotopic (exact) mass is 322 g/mol. The zero-order valence-corrected chi connectivity index (χ0v) is 13.1. The molecule has 0 aliphatic rings. The lowest BCUT2D eigenvalue weighted by Gasteiger charge is -2.18. The third kappa shape index (κ3) is 4.31. The smallest absolute Gasteiger partial charge is 0.261 e. The van der Waals surface area contributed by atoms with Gasteiger partial charge in [-0.05, 0) is 23.1 Å². The highest BCUT2D eigenvalue weighted by Crippen LogP contribution is 2.16. The van der Waals surface area contributed by atoms with Crippen LogP contribution in [0.25, 0.3) is 0 Å². The van der Waals surface area contributed by atoms with Gasteiger partial charge in [-0.1, -0.05) is 35.9 Å². The predicted molar refractivity (Wildman–Crippen MR) is 84.6 cm³/mol. The standard InChI is InChI=1S/C15H15ClN2O2S/c1-18(10-11-5-2-3-6-12(11)16)14(19)9-17-15(20)13-7-4-8-21-13/h2-8H,9-10H2,1H3,(H,17,20). The minimum atomic E-state index is -0.232. The quantitative estimate of drug-likeness (QED) is 0.920. The van der Waals surface area contributed by atoms with Gasteiger partial charge in [0.1, 0.15) is 0 Å². The normalized spacial score (nSPS) is 10.2. The second kappa shape index (κ2) is 7.24. The first kappa shape index (κ1) is 15.5. The lowest BCUT2D eigenvalue weighted by Crippen LogP contribution is -2.37. The van der Waals surface area contributed by atoms with E-state index in [-0.39, 0.29) is 18.4 Å². The van der Waals surface area contributed by atoms with Crippen molar-refractivity contribution in [3.8, 4) is 0 Å². The van der Waals surface area contributed by atoms with Crippen LogP contribution in [0, 0.1) is 0 Å². The molecule has 0 spiro atoms. The average Bonchev–Trinajstić information content (AvgIpc) is 3.01. The topological polar surface area (TPSA) is 49.4 Å². The maximum atomic E-state index is 12.0. The summed E-state index contributed by atoms with van der Waals surface area (Å²) in [6.45, 7) is 0.380. The van der Waals surface area contributed by atoms with Crippen molar-refractivity contribution in [2.75, 3.05) is 13.6 Å².